The van der Waals surface area contributed by atoms with Crippen molar-refractivity contribution in [1.29, 1.82) is 0 Å². The number of rotatable bonds is 4. The van der Waals surface area contributed by atoms with Crippen LogP contribution >= 0.6 is 0 Å². The molecule has 0 unspecified atom stereocenters. The molecule has 0 aliphatic carbocycles. The van der Waals surface area contributed by atoms with Gasteiger partial charge in [0.05, 0.1) is 0 Å². The average Bonchev–Trinajstić information content (AvgIpc) is 2.58. The molecule has 0 fully saturated rings. The number of hydrogen-bond acceptors (Lipinski definition) is 2. The van der Waals surface area contributed by atoms with Crippen molar-refractivity contribution in [2.24, 2.45) is 5.41 Å². The molecule has 2 amide bonds. The third kappa shape index (κ3) is 5.25. The third-order valence-corrected chi connectivity index (χ3v) is 3.20. The van der Waals surface area contributed by atoms with Gasteiger partial charge >= 0.3 is 0 Å². The van der Waals surface area contributed by atoms with E-state index in [9.17, 15) is 9.59 Å². The summed E-state index contributed by atoms with van der Waals surface area (Å²) in [5.74, 6) is -0.690. The molecular formula is C19H24N2O2. The Bertz CT molecular complexity index is 567. The van der Waals surface area contributed by atoms with E-state index >= 15 is 0 Å². The number of benzene rings is 2. The summed E-state index contributed by atoms with van der Waals surface area (Å²) >= 11 is 0. The van der Waals surface area contributed by atoms with Gasteiger partial charge in [-0.05, 0) is 38.1 Å². The number of nitrogens with one attached hydrogen (secondary N) is 2. The van der Waals surface area contributed by atoms with E-state index in [1.807, 2.05) is 50.2 Å². The van der Waals surface area contributed by atoms with Gasteiger partial charge in [0.15, 0.2) is 0 Å². The lowest BCUT2D eigenvalue weighted by atomic mass is 9.90. The zero-order chi connectivity index (χ0) is 17.3. The van der Waals surface area contributed by atoms with Crippen LogP contribution in [-0.4, -0.2) is 11.8 Å². The highest BCUT2D eigenvalue weighted by Crippen LogP contribution is 2.21. The zero-order valence-electron chi connectivity index (χ0n) is 14.1. The molecule has 2 aromatic carbocycles. The Hall–Kier alpha value is -2.62. The van der Waals surface area contributed by atoms with Gasteiger partial charge in [0.25, 0.3) is 0 Å². The van der Waals surface area contributed by atoms with Crippen LogP contribution in [0.1, 0.15) is 27.7 Å². The van der Waals surface area contributed by atoms with Gasteiger partial charge in [-0.15, -0.1) is 0 Å². The maximum atomic E-state index is 12.3. The molecule has 0 spiro atoms. The topological polar surface area (TPSA) is 58.2 Å². The largest absolute Gasteiger partial charge is 0.325 e. The minimum absolute atomic E-state index is 0.345. The van der Waals surface area contributed by atoms with Crippen molar-refractivity contribution >= 4 is 23.2 Å². The van der Waals surface area contributed by atoms with E-state index in [0.717, 1.165) is 0 Å². The van der Waals surface area contributed by atoms with Crippen LogP contribution in [0.25, 0.3) is 0 Å². The second kappa shape index (κ2) is 8.73. The van der Waals surface area contributed by atoms with E-state index in [1.165, 1.54) is 0 Å². The Balaban J connectivity index is 0.00000127. The second-order valence-electron chi connectivity index (χ2n) is 5.27. The molecule has 0 aromatic heterocycles. The molecule has 0 radical (unpaired) electrons. The fraction of sp³-hybridized carbons (Fsp3) is 0.263. The SMILES string of the molecule is CC.CC(C)(C(=O)Nc1ccccc1)C(=O)Nc1ccccc1. The van der Waals surface area contributed by atoms with Crippen molar-refractivity contribution in [3.05, 3.63) is 60.7 Å². The van der Waals surface area contributed by atoms with Crippen LogP contribution in [0.3, 0.4) is 0 Å². The Morgan fingerprint density at radius 2 is 1.00 bits per heavy atom. The number of hydrogen-bond donors (Lipinski definition) is 2. The molecule has 2 aromatic rings. The fourth-order valence-corrected chi connectivity index (χ4v) is 1.72. The summed E-state index contributed by atoms with van der Waals surface area (Å²) in [7, 11) is 0. The molecule has 122 valence electrons. The van der Waals surface area contributed by atoms with Crippen molar-refractivity contribution in [2.45, 2.75) is 27.7 Å². The predicted molar refractivity (Wildman–Crippen MR) is 95.3 cm³/mol. The van der Waals surface area contributed by atoms with Crippen molar-refractivity contribution in [2.75, 3.05) is 10.6 Å². The molecule has 4 nitrogen and oxygen atoms in total. The second-order valence-corrected chi connectivity index (χ2v) is 5.27. The van der Waals surface area contributed by atoms with E-state index in [4.69, 9.17) is 0 Å². The van der Waals surface area contributed by atoms with Crippen LogP contribution in [-0.2, 0) is 9.59 Å². The van der Waals surface area contributed by atoms with Gasteiger partial charge in [0.1, 0.15) is 5.41 Å². The van der Waals surface area contributed by atoms with Crippen LogP contribution in [0.5, 0.6) is 0 Å². The summed E-state index contributed by atoms with van der Waals surface area (Å²) in [6, 6.07) is 18.2. The van der Waals surface area contributed by atoms with Crippen molar-refractivity contribution in [3.63, 3.8) is 0 Å². The van der Waals surface area contributed by atoms with Gasteiger partial charge in [-0.3, -0.25) is 9.59 Å². The molecule has 0 bridgehead atoms. The van der Waals surface area contributed by atoms with E-state index in [2.05, 4.69) is 10.6 Å². The molecule has 0 saturated heterocycles. The average molecular weight is 312 g/mol. The zero-order valence-corrected chi connectivity index (χ0v) is 14.1. The van der Waals surface area contributed by atoms with Gasteiger partial charge in [-0.1, -0.05) is 50.2 Å². The quantitative estimate of drug-likeness (QED) is 0.826. The van der Waals surface area contributed by atoms with Gasteiger partial charge < -0.3 is 10.6 Å². The maximum absolute atomic E-state index is 12.3. The van der Waals surface area contributed by atoms with E-state index < -0.39 is 5.41 Å². The fourth-order valence-electron chi connectivity index (χ4n) is 1.72. The predicted octanol–water partition coefficient (Wildman–Crippen LogP) is 4.32. The summed E-state index contributed by atoms with van der Waals surface area (Å²) in [4.78, 5) is 24.6. The highest BCUT2D eigenvalue weighted by Gasteiger charge is 2.36. The van der Waals surface area contributed by atoms with Crippen LogP contribution in [0.15, 0.2) is 60.7 Å². The molecule has 2 N–H and O–H groups in total. The molecular weight excluding hydrogens is 288 g/mol. The summed E-state index contributed by atoms with van der Waals surface area (Å²) in [5, 5.41) is 5.50. The molecule has 4 heteroatoms. The normalized spacial score (nSPS) is 10.1. The van der Waals surface area contributed by atoms with Crippen LogP contribution in [0.2, 0.25) is 0 Å². The van der Waals surface area contributed by atoms with Crippen LogP contribution in [0.4, 0.5) is 11.4 Å². The van der Waals surface area contributed by atoms with Crippen LogP contribution < -0.4 is 10.6 Å². The monoisotopic (exact) mass is 312 g/mol. The molecule has 0 heterocycles. The lowest BCUT2D eigenvalue weighted by molar-refractivity contribution is -0.135. The van der Waals surface area contributed by atoms with E-state index in [-0.39, 0.29) is 11.8 Å². The van der Waals surface area contributed by atoms with Gasteiger partial charge in [0, 0.05) is 11.4 Å². The van der Waals surface area contributed by atoms with Crippen LogP contribution in [0, 0.1) is 5.41 Å². The lowest BCUT2D eigenvalue weighted by Crippen LogP contribution is -2.41. The van der Waals surface area contributed by atoms with Gasteiger partial charge in [-0.25, -0.2) is 0 Å². The standard InChI is InChI=1S/C17H18N2O2.C2H6/c1-17(2,15(20)18-13-9-5-3-6-10-13)16(21)19-14-11-7-4-8-12-14;1-2/h3-12H,1-2H3,(H,18,20)(H,19,21);1-2H3. The van der Waals surface area contributed by atoms with Gasteiger partial charge in [-0.2, -0.15) is 0 Å². The molecule has 0 aliphatic heterocycles. The first-order valence-electron chi connectivity index (χ1n) is 7.73. The van der Waals surface area contributed by atoms with Gasteiger partial charge in [0.2, 0.25) is 11.8 Å². The summed E-state index contributed by atoms with van der Waals surface area (Å²) in [6.07, 6.45) is 0. The molecule has 0 atom stereocenters. The smallest absolute Gasteiger partial charge is 0.239 e. The third-order valence-electron chi connectivity index (χ3n) is 3.20. The van der Waals surface area contributed by atoms with Crippen molar-refractivity contribution in [3.8, 4) is 0 Å². The summed E-state index contributed by atoms with van der Waals surface area (Å²) < 4.78 is 0. The first-order valence-corrected chi connectivity index (χ1v) is 7.73. The van der Waals surface area contributed by atoms with E-state index in [1.54, 1.807) is 38.1 Å². The van der Waals surface area contributed by atoms with Crippen molar-refractivity contribution < 1.29 is 9.59 Å². The maximum Gasteiger partial charge on any atom is 0.239 e. The highest BCUT2D eigenvalue weighted by molar-refractivity contribution is 6.13. The van der Waals surface area contributed by atoms with Crippen molar-refractivity contribution in [1.82, 2.24) is 0 Å². The molecule has 23 heavy (non-hydrogen) atoms. The number of para-hydroxylation sites is 2. The first-order chi connectivity index (χ1) is 11.0. The molecule has 0 aliphatic rings. The minimum atomic E-state index is -1.17. The summed E-state index contributed by atoms with van der Waals surface area (Å²) in [5.41, 5.74) is 0.164. The first kappa shape index (κ1) is 18.4. The number of carbonyl (C=O) groups is 2. The highest BCUT2D eigenvalue weighted by atomic mass is 16.2. The number of anilines is 2. The number of amides is 2. The molecule has 2 rings (SSSR count). The Labute approximate surface area is 137 Å². The summed E-state index contributed by atoms with van der Waals surface area (Å²) in [6.45, 7) is 7.20. The number of carbonyl (C=O) groups excluding carboxylic acids is 2. The Morgan fingerprint density at radius 3 is 1.30 bits per heavy atom. The van der Waals surface area contributed by atoms with E-state index in [0.29, 0.717) is 11.4 Å². The Morgan fingerprint density at radius 1 is 0.696 bits per heavy atom. The Kier molecular flexibility index (Phi) is 7.00. The molecule has 0 saturated carbocycles. The lowest BCUT2D eigenvalue weighted by Gasteiger charge is -2.22. The minimum Gasteiger partial charge on any atom is -0.325 e.